The molecule has 1 aliphatic heterocycles. The van der Waals surface area contributed by atoms with Gasteiger partial charge in [0, 0.05) is 17.6 Å². The molecular formula is C15H19BrN2O4. The highest BCUT2D eigenvalue weighted by molar-refractivity contribution is 9.10. The van der Waals surface area contributed by atoms with Crippen LogP contribution in [0, 0.1) is 5.92 Å². The second kappa shape index (κ2) is 7.49. The number of carbonyl (C=O) groups excluding carboxylic acids is 1. The van der Waals surface area contributed by atoms with E-state index in [9.17, 15) is 9.59 Å². The zero-order valence-corrected chi connectivity index (χ0v) is 13.9. The van der Waals surface area contributed by atoms with Gasteiger partial charge >= 0.3 is 12.0 Å². The number of halogens is 1. The van der Waals surface area contributed by atoms with Crippen molar-refractivity contribution < 1.29 is 19.4 Å². The molecule has 1 unspecified atom stereocenters. The van der Waals surface area contributed by atoms with Gasteiger partial charge < -0.3 is 20.1 Å². The molecule has 1 saturated heterocycles. The van der Waals surface area contributed by atoms with Gasteiger partial charge in [0.15, 0.2) is 0 Å². The average Bonchev–Trinajstić information content (AvgIpc) is 2.50. The Morgan fingerprint density at radius 3 is 2.95 bits per heavy atom. The van der Waals surface area contributed by atoms with Gasteiger partial charge in [0.1, 0.15) is 5.75 Å². The molecule has 2 amide bonds. The third-order valence-electron chi connectivity index (χ3n) is 3.54. The highest BCUT2D eigenvalue weighted by Crippen LogP contribution is 2.29. The maximum Gasteiger partial charge on any atom is 0.321 e. The van der Waals surface area contributed by atoms with E-state index in [4.69, 9.17) is 9.84 Å². The number of amides is 2. The largest absolute Gasteiger partial charge is 0.492 e. The van der Waals surface area contributed by atoms with E-state index in [0.717, 1.165) is 4.47 Å². The molecule has 1 aromatic carbocycles. The minimum atomic E-state index is -0.852. The van der Waals surface area contributed by atoms with Gasteiger partial charge in [-0.1, -0.05) is 15.9 Å². The van der Waals surface area contributed by atoms with Crippen molar-refractivity contribution in [2.24, 2.45) is 5.92 Å². The summed E-state index contributed by atoms with van der Waals surface area (Å²) in [5.41, 5.74) is 0.568. The van der Waals surface area contributed by atoms with Crippen molar-refractivity contribution in [2.75, 3.05) is 25.0 Å². The molecule has 0 radical (unpaired) electrons. The number of carboxylic acid groups (broad SMARTS) is 1. The number of nitrogens with zero attached hydrogens (tertiary/aromatic N) is 1. The molecule has 1 atom stereocenters. The number of piperidine rings is 1. The number of nitrogens with one attached hydrogen (secondary N) is 1. The molecule has 0 aliphatic carbocycles. The SMILES string of the molecule is CCOc1ccc(Br)cc1NC(=O)N1CCCC(C(=O)O)C1. The lowest BCUT2D eigenvalue weighted by atomic mass is 9.99. The summed E-state index contributed by atoms with van der Waals surface area (Å²) < 4.78 is 6.32. The summed E-state index contributed by atoms with van der Waals surface area (Å²) in [6.07, 6.45) is 1.31. The highest BCUT2D eigenvalue weighted by atomic mass is 79.9. The maximum atomic E-state index is 12.4. The second-order valence-corrected chi connectivity index (χ2v) is 6.04. The van der Waals surface area contributed by atoms with Gasteiger partial charge in [-0.3, -0.25) is 4.79 Å². The van der Waals surface area contributed by atoms with E-state index >= 15 is 0 Å². The van der Waals surface area contributed by atoms with E-state index in [1.165, 1.54) is 0 Å². The molecule has 120 valence electrons. The first-order valence-corrected chi connectivity index (χ1v) is 8.01. The predicted octanol–water partition coefficient (Wildman–Crippen LogP) is 3.18. The number of carboxylic acids is 1. The van der Waals surface area contributed by atoms with Crippen LogP contribution in [0.1, 0.15) is 19.8 Å². The molecular weight excluding hydrogens is 352 g/mol. The Morgan fingerprint density at radius 1 is 1.50 bits per heavy atom. The summed E-state index contributed by atoms with van der Waals surface area (Å²) in [5.74, 6) is -0.755. The van der Waals surface area contributed by atoms with Crippen molar-refractivity contribution in [3.05, 3.63) is 22.7 Å². The second-order valence-electron chi connectivity index (χ2n) is 5.13. The molecule has 2 rings (SSSR count). The normalized spacial score (nSPS) is 17.9. The number of rotatable bonds is 4. The lowest BCUT2D eigenvalue weighted by molar-refractivity contribution is -0.143. The van der Waals surface area contributed by atoms with E-state index in [-0.39, 0.29) is 12.6 Å². The van der Waals surface area contributed by atoms with Crippen LogP contribution in [0.5, 0.6) is 5.75 Å². The van der Waals surface area contributed by atoms with Crippen LogP contribution in [0.25, 0.3) is 0 Å². The van der Waals surface area contributed by atoms with Crippen molar-refractivity contribution in [2.45, 2.75) is 19.8 Å². The fourth-order valence-electron chi connectivity index (χ4n) is 2.44. The van der Waals surface area contributed by atoms with Crippen molar-refractivity contribution in [3.63, 3.8) is 0 Å². The van der Waals surface area contributed by atoms with Crippen LogP contribution in [0.4, 0.5) is 10.5 Å². The molecule has 7 heteroatoms. The molecule has 0 spiro atoms. The van der Waals surface area contributed by atoms with Gasteiger partial charge in [-0.2, -0.15) is 0 Å². The number of benzene rings is 1. The van der Waals surface area contributed by atoms with Crippen molar-refractivity contribution in [3.8, 4) is 5.75 Å². The minimum absolute atomic E-state index is 0.235. The third kappa shape index (κ3) is 4.13. The van der Waals surface area contributed by atoms with Crippen LogP contribution in [0.2, 0.25) is 0 Å². The number of carbonyl (C=O) groups is 2. The number of likely N-dealkylation sites (tertiary alicyclic amines) is 1. The first-order chi connectivity index (χ1) is 10.5. The Labute approximate surface area is 137 Å². The van der Waals surface area contributed by atoms with Crippen LogP contribution in [-0.2, 0) is 4.79 Å². The van der Waals surface area contributed by atoms with Crippen molar-refractivity contribution in [1.29, 1.82) is 0 Å². The Balaban J connectivity index is 2.08. The average molecular weight is 371 g/mol. The lowest BCUT2D eigenvalue weighted by Gasteiger charge is -2.30. The molecule has 6 nitrogen and oxygen atoms in total. The number of ether oxygens (including phenoxy) is 1. The molecule has 1 heterocycles. The zero-order chi connectivity index (χ0) is 16.1. The summed E-state index contributed by atoms with van der Waals surface area (Å²) in [5, 5.41) is 11.9. The smallest absolute Gasteiger partial charge is 0.321 e. The van der Waals surface area contributed by atoms with Gasteiger partial charge in [0.25, 0.3) is 0 Å². The van der Waals surface area contributed by atoms with Gasteiger partial charge in [-0.05, 0) is 38.0 Å². The highest BCUT2D eigenvalue weighted by Gasteiger charge is 2.28. The lowest BCUT2D eigenvalue weighted by Crippen LogP contribution is -2.44. The summed E-state index contributed by atoms with van der Waals surface area (Å²) in [7, 11) is 0. The third-order valence-corrected chi connectivity index (χ3v) is 4.03. The first-order valence-electron chi connectivity index (χ1n) is 7.22. The van der Waals surface area contributed by atoms with Gasteiger partial charge in [-0.25, -0.2) is 4.79 Å². The first kappa shape index (κ1) is 16.6. The van der Waals surface area contributed by atoms with E-state index in [0.29, 0.717) is 37.4 Å². The van der Waals surface area contributed by atoms with Crippen LogP contribution in [-0.4, -0.2) is 41.7 Å². The Morgan fingerprint density at radius 2 is 2.27 bits per heavy atom. The Hall–Kier alpha value is -1.76. The molecule has 0 saturated carbocycles. The Bertz CT molecular complexity index is 564. The van der Waals surface area contributed by atoms with E-state index < -0.39 is 11.9 Å². The standard InChI is InChI=1S/C15H19BrN2O4/c1-2-22-13-6-5-11(16)8-12(13)17-15(21)18-7-3-4-10(9-18)14(19)20/h5-6,8,10H,2-4,7,9H2,1H3,(H,17,21)(H,19,20). The molecule has 22 heavy (non-hydrogen) atoms. The van der Waals surface area contributed by atoms with E-state index in [2.05, 4.69) is 21.2 Å². The molecule has 0 bridgehead atoms. The van der Waals surface area contributed by atoms with Crippen LogP contribution in [0.3, 0.4) is 0 Å². The molecule has 0 aromatic heterocycles. The van der Waals surface area contributed by atoms with Gasteiger partial charge in [-0.15, -0.1) is 0 Å². The number of urea groups is 1. The fourth-order valence-corrected chi connectivity index (χ4v) is 2.80. The topological polar surface area (TPSA) is 78.9 Å². The van der Waals surface area contributed by atoms with Crippen molar-refractivity contribution >= 4 is 33.6 Å². The Kier molecular flexibility index (Phi) is 5.65. The number of anilines is 1. The summed E-state index contributed by atoms with van der Waals surface area (Å²) in [6, 6.07) is 5.08. The number of aliphatic carboxylic acids is 1. The molecule has 1 fully saturated rings. The monoisotopic (exact) mass is 370 g/mol. The fraction of sp³-hybridized carbons (Fsp3) is 0.467. The zero-order valence-electron chi connectivity index (χ0n) is 12.3. The summed E-state index contributed by atoms with van der Waals surface area (Å²) in [4.78, 5) is 25.0. The van der Waals surface area contributed by atoms with Gasteiger partial charge in [0.2, 0.25) is 0 Å². The quantitative estimate of drug-likeness (QED) is 0.852. The van der Waals surface area contributed by atoms with E-state index in [1.807, 2.05) is 13.0 Å². The number of hydrogen-bond acceptors (Lipinski definition) is 3. The summed E-state index contributed by atoms with van der Waals surface area (Å²) >= 11 is 3.36. The number of hydrogen-bond donors (Lipinski definition) is 2. The van der Waals surface area contributed by atoms with Crippen LogP contribution in [0.15, 0.2) is 22.7 Å². The minimum Gasteiger partial charge on any atom is -0.492 e. The van der Waals surface area contributed by atoms with Gasteiger partial charge in [0.05, 0.1) is 18.2 Å². The molecule has 1 aromatic rings. The predicted molar refractivity (Wildman–Crippen MR) is 86.3 cm³/mol. The maximum absolute atomic E-state index is 12.4. The van der Waals surface area contributed by atoms with Crippen LogP contribution < -0.4 is 10.1 Å². The van der Waals surface area contributed by atoms with Crippen molar-refractivity contribution in [1.82, 2.24) is 4.90 Å². The van der Waals surface area contributed by atoms with Crippen LogP contribution >= 0.6 is 15.9 Å². The molecule has 1 aliphatic rings. The molecule has 2 N–H and O–H groups in total. The summed E-state index contributed by atoms with van der Waals surface area (Å²) in [6.45, 7) is 3.16. The van der Waals surface area contributed by atoms with E-state index in [1.54, 1.807) is 17.0 Å².